The summed E-state index contributed by atoms with van der Waals surface area (Å²) in [5, 5.41) is 0. The van der Waals surface area contributed by atoms with Gasteiger partial charge in [0.25, 0.3) is 0 Å². The first kappa shape index (κ1) is 48.3. The van der Waals surface area contributed by atoms with Crippen LogP contribution in [0.2, 0.25) is 0 Å². The second-order valence-corrected chi connectivity index (χ2v) is 19.4. The van der Waals surface area contributed by atoms with E-state index < -0.39 is 7.25 Å². The van der Waals surface area contributed by atoms with Gasteiger partial charge in [0.1, 0.15) is 0 Å². The molecule has 0 nitrogen and oxygen atoms in total. The Morgan fingerprint density at radius 1 is 0.489 bits per heavy atom. The maximum Gasteiger partial charge on any atom is 0.673 e. The zero-order valence-corrected chi connectivity index (χ0v) is 34.4. The quantitative estimate of drug-likeness (QED) is 0.108. The van der Waals surface area contributed by atoms with E-state index in [1.54, 1.807) is 11.3 Å². The summed E-state index contributed by atoms with van der Waals surface area (Å²) in [7, 11) is -5.82. The molecule has 4 atom stereocenters. The second-order valence-electron chi connectivity index (χ2n) is 14.1. The normalized spacial score (nSPS) is 31.1. The van der Waals surface area contributed by atoms with Gasteiger partial charge in [0.05, 0.1) is 0 Å². The van der Waals surface area contributed by atoms with Crippen molar-refractivity contribution in [3.63, 3.8) is 0 Å². The van der Waals surface area contributed by atoms with Crippen molar-refractivity contribution in [2.24, 2.45) is 23.7 Å². The molecule has 0 aromatic rings. The molecule has 0 N–H and O–H groups in total. The molecule has 271 valence electrons. The number of halogens is 4. The van der Waals surface area contributed by atoms with Gasteiger partial charge in [-0.15, -0.1) is 0 Å². The van der Waals surface area contributed by atoms with Gasteiger partial charge in [0.15, 0.2) is 0 Å². The first-order valence-electron chi connectivity index (χ1n) is 17.4. The smallest absolute Gasteiger partial charge is 0.418 e. The van der Waals surface area contributed by atoms with Gasteiger partial charge >= 0.3 is 7.25 Å². The van der Waals surface area contributed by atoms with Crippen LogP contribution in [-0.2, 0) is 36.5 Å². The minimum atomic E-state index is -6.00. The van der Waals surface area contributed by atoms with E-state index in [0.29, 0.717) is 0 Å². The van der Waals surface area contributed by atoms with Crippen LogP contribution in [0.5, 0.6) is 0 Å². The second kappa shape index (κ2) is 25.3. The van der Waals surface area contributed by atoms with Crippen LogP contribution in [0.1, 0.15) is 107 Å². The molecule has 2 heterocycles. The van der Waals surface area contributed by atoms with Gasteiger partial charge in [0, 0.05) is 47.9 Å². The summed E-state index contributed by atoms with van der Waals surface area (Å²) >= 11 is 0. The summed E-state index contributed by atoms with van der Waals surface area (Å²) in [6.07, 6.45) is 38.1. The Kier molecular flexibility index (Phi) is 26.0. The average Bonchev–Trinajstić information content (AvgIpc) is 3.73. The van der Waals surface area contributed by atoms with Crippen molar-refractivity contribution in [3.05, 3.63) is 87.0 Å². The number of allylic oxidation sites excluding steroid dienone is 4. The molecule has 0 aromatic heterocycles. The molecule has 4 fully saturated rings. The van der Waals surface area contributed by atoms with Gasteiger partial charge in [-0.2, -0.15) is 0 Å². The molecule has 4 unspecified atom stereocenters. The molecule has 47 heavy (non-hydrogen) atoms. The zero-order valence-electron chi connectivity index (χ0n) is 29.9. The average molecular weight is 824 g/mol. The Labute approximate surface area is 315 Å². The first-order valence-corrected chi connectivity index (χ1v) is 20.4. The van der Waals surface area contributed by atoms with Gasteiger partial charge < -0.3 is 17.3 Å². The molecule has 11 radical (unpaired) electrons. The number of hydrogen-bond acceptors (Lipinski definition) is 0. The molecule has 5 aliphatic rings. The van der Waals surface area contributed by atoms with E-state index in [-0.39, 0.29) is 52.4 Å². The van der Waals surface area contributed by atoms with E-state index in [4.69, 9.17) is 0 Å². The van der Waals surface area contributed by atoms with Gasteiger partial charge in [-0.05, 0) is 149 Å². The van der Waals surface area contributed by atoms with E-state index >= 15 is 0 Å². The van der Waals surface area contributed by atoms with Crippen LogP contribution in [-0.4, -0.2) is 29.9 Å². The number of hydrogen-bond donors (Lipinski definition) is 0. The maximum absolute atomic E-state index is 9.75. The van der Waals surface area contributed by atoms with Gasteiger partial charge in [-0.1, -0.05) is 95.5 Å². The summed E-state index contributed by atoms with van der Waals surface area (Å²) in [6, 6.07) is 0. The SMILES string of the molecule is C1=C\CC/C=C\CC/1.CC(C)C1CCC(C(C)C)P1[C]1[CH][CH][CH][CH]1.CC(C)C1CCC(C(C)C)P1[C]1[CH][CH][CH][CH]1.F[B-](F)(F)F.[Fe].[Rh]. The minimum absolute atomic E-state index is 0. The summed E-state index contributed by atoms with van der Waals surface area (Å²) in [5.41, 5.74) is 7.17. The van der Waals surface area contributed by atoms with Crippen LogP contribution in [0.4, 0.5) is 17.3 Å². The Bertz CT molecular complexity index is 730. The van der Waals surface area contributed by atoms with Crippen molar-refractivity contribution in [2.75, 3.05) is 0 Å². The summed E-state index contributed by atoms with van der Waals surface area (Å²) < 4.78 is 39.0. The molecule has 3 aliphatic carbocycles. The fourth-order valence-corrected chi connectivity index (χ4v) is 14.9. The van der Waals surface area contributed by atoms with E-state index in [0.717, 1.165) is 46.3 Å². The molecular formula is C38H60BF4FeP2Rh-. The van der Waals surface area contributed by atoms with E-state index in [2.05, 4.69) is 131 Å². The first-order chi connectivity index (χ1) is 21.2. The van der Waals surface area contributed by atoms with Crippen molar-refractivity contribution >= 4 is 23.1 Å². The van der Waals surface area contributed by atoms with Crippen LogP contribution in [0.3, 0.4) is 0 Å². The zero-order chi connectivity index (χ0) is 33.6. The molecular weight excluding hydrogens is 764 g/mol. The predicted octanol–water partition coefficient (Wildman–Crippen LogP) is 13.3. The van der Waals surface area contributed by atoms with Crippen LogP contribution >= 0.6 is 15.8 Å². The van der Waals surface area contributed by atoms with Crippen LogP contribution in [0.25, 0.3) is 0 Å². The number of rotatable bonds is 6. The monoisotopic (exact) mass is 824 g/mol. The summed E-state index contributed by atoms with van der Waals surface area (Å²) in [6.45, 7) is 19.3. The fraction of sp³-hybridized carbons (Fsp3) is 0.632. The molecule has 0 bridgehead atoms. The molecule has 0 amide bonds. The van der Waals surface area contributed by atoms with Crippen molar-refractivity contribution in [3.8, 4) is 0 Å². The largest absolute Gasteiger partial charge is 0.673 e. The molecule has 9 heteroatoms. The van der Waals surface area contributed by atoms with Crippen LogP contribution in [0.15, 0.2) is 24.3 Å². The third-order valence-electron chi connectivity index (χ3n) is 9.24. The van der Waals surface area contributed by atoms with Crippen molar-refractivity contribution in [1.82, 2.24) is 0 Å². The van der Waals surface area contributed by atoms with Crippen LogP contribution < -0.4 is 0 Å². The van der Waals surface area contributed by atoms with Gasteiger partial charge in [-0.3, -0.25) is 0 Å². The maximum atomic E-state index is 9.75. The topological polar surface area (TPSA) is 0 Å². The fourth-order valence-electron chi connectivity index (χ4n) is 7.04. The van der Waals surface area contributed by atoms with Crippen molar-refractivity contribution in [2.45, 2.75) is 129 Å². The Hall–Kier alpha value is 1.27. The Balaban J connectivity index is 0.000000643. The van der Waals surface area contributed by atoms with E-state index in [1.165, 1.54) is 51.4 Å². The molecule has 0 spiro atoms. The van der Waals surface area contributed by atoms with Crippen molar-refractivity contribution < 1.29 is 53.8 Å². The molecule has 2 saturated carbocycles. The Morgan fingerprint density at radius 2 is 0.681 bits per heavy atom. The summed E-state index contributed by atoms with van der Waals surface area (Å²) in [4.78, 5) is 0. The van der Waals surface area contributed by atoms with E-state index in [1.807, 2.05) is 0 Å². The van der Waals surface area contributed by atoms with Crippen LogP contribution in [0, 0.1) is 86.4 Å². The molecule has 0 aromatic carbocycles. The third-order valence-corrected chi connectivity index (χ3v) is 17.3. The molecule has 2 saturated heterocycles. The minimum Gasteiger partial charge on any atom is -0.418 e. The van der Waals surface area contributed by atoms with Gasteiger partial charge in [0.2, 0.25) is 0 Å². The predicted molar refractivity (Wildman–Crippen MR) is 195 cm³/mol. The van der Waals surface area contributed by atoms with Gasteiger partial charge in [-0.25, -0.2) is 0 Å². The molecule has 2 aliphatic heterocycles. The van der Waals surface area contributed by atoms with Crippen molar-refractivity contribution in [1.29, 1.82) is 0 Å². The molecule has 5 rings (SSSR count). The van der Waals surface area contributed by atoms with E-state index in [9.17, 15) is 17.3 Å². The standard InChI is InChI=1S/2C15H24P.C8H12.BF4.Fe.Rh/c2*1-11(2)14-9-10-15(12(3)4)16(14)13-7-5-6-8-13;1-2-4-6-8-7-5-3-1;2-1(3,4)5;;/h2*5-8,11-12,14-15H,9-10H2,1-4H3;1-2,7-8H,3-6H2;;;/q;;;-1;;/b;;2-1-,8-7-;;;. The third kappa shape index (κ3) is 18.0. The Morgan fingerprint density at radius 3 is 0.851 bits per heavy atom. The summed E-state index contributed by atoms with van der Waals surface area (Å²) in [5.74, 6) is 3.41.